The van der Waals surface area contributed by atoms with E-state index in [1.807, 2.05) is 12.1 Å². The zero-order chi connectivity index (χ0) is 11.3. The summed E-state index contributed by atoms with van der Waals surface area (Å²) >= 11 is 5.96. The smallest absolute Gasteiger partial charge is 0.0426 e. The average molecular weight is 226 g/mol. The molecule has 0 bridgehead atoms. The van der Waals surface area contributed by atoms with Crippen molar-refractivity contribution in [3.8, 4) is 0 Å². The lowest BCUT2D eigenvalue weighted by Crippen LogP contribution is -2.15. The quantitative estimate of drug-likeness (QED) is 0.770. The molecule has 1 N–H and O–H groups in total. The molecule has 1 aromatic rings. The first-order chi connectivity index (χ1) is 7.13. The molecule has 0 aliphatic carbocycles. The molecule has 0 spiro atoms. The number of unbranched alkanes of at least 4 members (excludes halogenated alkanes) is 1. The van der Waals surface area contributed by atoms with Crippen LogP contribution in [0.25, 0.3) is 0 Å². The van der Waals surface area contributed by atoms with Gasteiger partial charge in [-0.1, -0.05) is 37.4 Å². The van der Waals surface area contributed by atoms with Gasteiger partial charge >= 0.3 is 0 Å². The summed E-state index contributed by atoms with van der Waals surface area (Å²) in [5, 5.41) is 4.30. The first kappa shape index (κ1) is 12.4. The molecular weight excluding hydrogens is 206 g/mol. The van der Waals surface area contributed by atoms with Crippen LogP contribution in [0.15, 0.2) is 18.2 Å². The molecule has 84 valence electrons. The van der Waals surface area contributed by atoms with Gasteiger partial charge in [-0.25, -0.2) is 0 Å². The van der Waals surface area contributed by atoms with Gasteiger partial charge in [0.2, 0.25) is 0 Å². The highest BCUT2D eigenvalue weighted by molar-refractivity contribution is 6.30. The largest absolute Gasteiger partial charge is 0.382 e. The van der Waals surface area contributed by atoms with E-state index >= 15 is 0 Å². The summed E-state index contributed by atoms with van der Waals surface area (Å²) in [5.41, 5.74) is 2.41. The summed E-state index contributed by atoms with van der Waals surface area (Å²) in [7, 11) is 0. The summed E-state index contributed by atoms with van der Waals surface area (Å²) in [6.07, 6.45) is 3.73. The predicted octanol–water partition coefficient (Wildman–Crippen LogP) is 4.64. The highest BCUT2D eigenvalue weighted by atomic mass is 35.5. The molecule has 1 atom stereocenters. The molecule has 0 saturated carbocycles. The van der Waals surface area contributed by atoms with E-state index in [-0.39, 0.29) is 0 Å². The Bertz CT molecular complexity index is 309. The Kier molecular flexibility index (Phi) is 4.97. The van der Waals surface area contributed by atoms with Gasteiger partial charge in [0.1, 0.15) is 0 Å². The van der Waals surface area contributed by atoms with E-state index in [1.165, 1.54) is 24.8 Å². The van der Waals surface area contributed by atoms with Crippen LogP contribution in [0.2, 0.25) is 5.02 Å². The predicted molar refractivity (Wildman–Crippen MR) is 68.8 cm³/mol. The Hall–Kier alpha value is -0.690. The van der Waals surface area contributed by atoms with Gasteiger partial charge in [0, 0.05) is 16.8 Å². The van der Waals surface area contributed by atoms with Crippen LogP contribution < -0.4 is 5.32 Å². The number of hydrogen-bond donors (Lipinski definition) is 1. The van der Waals surface area contributed by atoms with Crippen LogP contribution in [0.1, 0.15) is 38.7 Å². The van der Waals surface area contributed by atoms with E-state index < -0.39 is 0 Å². The molecular formula is C13H20ClN. The number of anilines is 1. The van der Waals surface area contributed by atoms with Gasteiger partial charge < -0.3 is 5.32 Å². The lowest BCUT2D eigenvalue weighted by Gasteiger charge is -2.16. The highest BCUT2D eigenvalue weighted by Crippen LogP contribution is 2.21. The Morgan fingerprint density at radius 1 is 1.40 bits per heavy atom. The maximum absolute atomic E-state index is 5.96. The van der Waals surface area contributed by atoms with Crippen LogP contribution in [-0.4, -0.2) is 6.04 Å². The number of benzene rings is 1. The molecule has 0 aliphatic rings. The van der Waals surface area contributed by atoms with Crippen LogP contribution >= 0.6 is 11.6 Å². The molecule has 0 amide bonds. The van der Waals surface area contributed by atoms with Crippen molar-refractivity contribution < 1.29 is 0 Å². The lowest BCUT2D eigenvalue weighted by atomic mass is 10.1. The van der Waals surface area contributed by atoms with Crippen molar-refractivity contribution >= 4 is 17.3 Å². The monoisotopic (exact) mass is 225 g/mol. The number of rotatable bonds is 5. The van der Waals surface area contributed by atoms with E-state index in [9.17, 15) is 0 Å². The van der Waals surface area contributed by atoms with E-state index in [1.54, 1.807) is 0 Å². The van der Waals surface area contributed by atoms with Crippen LogP contribution in [0, 0.1) is 6.92 Å². The maximum atomic E-state index is 5.96. The Morgan fingerprint density at radius 2 is 2.13 bits per heavy atom. The van der Waals surface area contributed by atoms with E-state index in [4.69, 9.17) is 11.6 Å². The van der Waals surface area contributed by atoms with Gasteiger partial charge in [0.15, 0.2) is 0 Å². The van der Waals surface area contributed by atoms with Gasteiger partial charge in [-0.3, -0.25) is 0 Å². The van der Waals surface area contributed by atoms with Crippen LogP contribution in [0.3, 0.4) is 0 Å². The molecule has 1 rings (SSSR count). The van der Waals surface area contributed by atoms with Crippen molar-refractivity contribution in [1.82, 2.24) is 0 Å². The summed E-state index contributed by atoms with van der Waals surface area (Å²) in [5.74, 6) is 0. The topological polar surface area (TPSA) is 12.0 Å². The van der Waals surface area contributed by atoms with Crippen LogP contribution in [0.4, 0.5) is 5.69 Å². The molecule has 15 heavy (non-hydrogen) atoms. The summed E-state index contributed by atoms with van der Waals surface area (Å²) in [6, 6.07) is 6.50. The average Bonchev–Trinajstić information content (AvgIpc) is 2.20. The first-order valence-electron chi connectivity index (χ1n) is 5.66. The van der Waals surface area contributed by atoms with Crippen molar-refractivity contribution in [1.29, 1.82) is 0 Å². The third-order valence-corrected chi connectivity index (χ3v) is 2.83. The first-order valence-corrected chi connectivity index (χ1v) is 6.04. The fourth-order valence-corrected chi connectivity index (χ4v) is 1.77. The highest BCUT2D eigenvalue weighted by Gasteiger charge is 2.04. The number of hydrogen-bond acceptors (Lipinski definition) is 1. The van der Waals surface area contributed by atoms with Gasteiger partial charge in [-0.15, -0.1) is 0 Å². The second-order valence-electron chi connectivity index (χ2n) is 4.15. The Morgan fingerprint density at radius 3 is 2.80 bits per heavy atom. The maximum Gasteiger partial charge on any atom is 0.0426 e. The standard InChI is InChI=1S/C13H20ClN/c1-4-5-6-11(3)15-13-9-12(14)8-7-10(13)2/h7-9,11,15H,4-6H2,1-3H3. The minimum atomic E-state index is 0.516. The van der Waals surface area contributed by atoms with E-state index in [0.717, 1.165) is 10.7 Å². The van der Waals surface area contributed by atoms with Crippen molar-refractivity contribution in [3.05, 3.63) is 28.8 Å². The Labute approximate surface area is 97.8 Å². The van der Waals surface area contributed by atoms with Crippen molar-refractivity contribution in [2.24, 2.45) is 0 Å². The Balaban J connectivity index is 2.59. The van der Waals surface area contributed by atoms with Gasteiger partial charge in [0.05, 0.1) is 0 Å². The second-order valence-corrected chi connectivity index (χ2v) is 4.58. The normalized spacial score (nSPS) is 12.5. The minimum Gasteiger partial charge on any atom is -0.382 e. The fraction of sp³-hybridized carbons (Fsp3) is 0.538. The molecule has 0 heterocycles. The third-order valence-electron chi connectivity index (χ3n) is 2.59. The molecule has 0 aliphatic heterocycles. The van der Waals surface area contributed by atoms with Crippen molar-refractivity contribution in [2.75, 3.05) is 5.32 Å². The molecule has 0 saturated heterocycles. The van der Waals surface area contributed by atoms with Gasteiger partial charge in [0.25, 0.3) is 0 Å². The van der Waals surface area contributed by atoms with Crippen molar-refractivity contribution in [2.45, 2.75) is 46.1 Å². The number of nitrogens with one attached hydrogen (secondary N) is 1. The van der Waals surface area contributed by atoms with Crippen LogP contribution in [-0.2, 0) is 0 Å². The molecule has 0 aromatic heterocycles. The third kappa shape index (κ3) is 4.13. The second kappa shape index (κ2) is 6.02. The lowest BCUT2D eigenvalue weighted by molar-refractivity contribution is 0.645. The van der Waals surface area contributed by atoms with Crippen LogP contribution in [0.5, 0.6) is 0 Å². The van der Waals surface area contributed by atoms with Gasteiger partial charge in [-0.05, 0) is 38.0 Å². The summed E-state index contributed by atoms with van der Waals surface area (Å²) in [4.78, 5) is 0. The van der Waals surface area contributed by atoms with E-state index in [2.05, 4.69) is 32.2 Å². The molecule has 2 heteroatoms. The molecule has 1 aromatic carbocycles. The van der Waals surface area contributed by atoms with Crippen molar-refractivity contribution in [3.63, 3.8) is 0 Å². The number of aryl methyl sites for hydroxylation is 1. The zero-order valence-electron chi connectivity index (χ0n) is 9.81. The number of halogens is 1. The SMILES string of the molecule is CCCCC(C)Nc1cc(Cl)ccc1C. The molecule has 1 nitrogen and oxygen atoms in total. The zero-order valence-corrected chi connectivity index (χ0v) is 10.6. The van der Waals surface area contributed by atoms with Gasteiger partial charge in [-0.2, -0.15) is 0 Å². The minimum absolute atomic E-state index is 0.516. The molecule has 1 unspecified atom stereocenters. The summed E-state index contributed by atoms with van der Waals surface area (Å²) in [6.45, 7) is 6.54. The molecule has 0 radical (unpaired) electrons. The molecule has 0 fully saturated rings. The van der Waals surface area contributed by atoms with E-state index in [0.29, 0.717) is 6.04 Å². The summed E-state index contributed by atoms with van der Waals surface area (Å²) < 4.78 is 0. The fourth-order valence-electron chi connectivity index (χ4n) is 1.60.